The molecule has 1 fully saturated rings. The van der Waals surface area contributed by atoms with Gasteiger partial charge in [0.25, 0.3) is 5.91 Å². The van der Waals surface area contributed by atoms with Crippen LogP contribution in [-0.4, -0.2) is 21.7 Å². The number of thiocarbonyl (C=S) groups is 1. The van der Waals surface area contributed by atoms with Crippen LogP contribution in [0.2, 0.25) is 0 Å². The number of nitrogens with zero attached hydrogens (tertiary/aromatic N) is 1. The lowest BCUT2D eigenvalue weighted by Crippen LogP contribution is -2.27. The number of rotatable bonds is 2. The molecule has 2 heterocycles. The minimum absolute atomic E-state index is 0.0436. The van der Waals surface area contributed by atoms with Gasteiger partial charge in [0.05, 0.1) is 4.91 Å². The van der Waals surface area contributed by atoms with Crippen LogP contribution in [0.1, 0.15) is 12.7 Å². The molecule has 1 aliphatic heterocycles. The second-order valence-electron chi connectivity index (χ2n) is 4.11. The van der Waals surface area contributed by atoms with Gasteiger partial charge in [-0.3, -0.25) is 9.69 Å². The summed E-state index contributed by atoms with van der Waals surface area (Å²) in [5.41, 5.74) is 0.819. The zero-order valence-electron chi connectivity index (χ0n) is 10.3. The van der Waals surface area contributed by atoms with Gasteiger partial charge >= 0.3 is 0 Å². The summed E-state index contributed by atoms with van der Waals surface area (Å²) in [6.45, 7) is 2.51. The first-order valence-corrected chi connectivity index (χ1v) is 7.15. The summed E-state index contributed by atoms with van der Waals surface area (Å²) in [4.78, 5) is 14.3. The number of fused-ring (bicyclic) bond motifs is 1. The maximum Gasteiger partial charge on any atom is 0.266 e. The summed E-state index contributed by atoms with van der Waals surface area (Å²) in [6.07, 6.45) is 1.76. The Kier molecular flexibility index (Phi) is 3.16. The van der Waals surface area contributed by atoms with E-state index < -0.39 is 0 Å². The average Bonchev–Trinajstić information content (AvgIpc) is 2.91. The van der Waals surface area contributed by atoms with Crippen molar-refractivity contribution >= 4 is 51.3 Å². The Morgan fingerprint density at radius 3 is 2.89 bits per heavy atom. The number of likely N-dealkylation sites (N-methyl/N-ethyl adjacent to an activating group) is 1. The first-order valence-electron chi connectivity index (χ1n) is 5.93. The van der Waals surface area contributed by atoms with Gasteiger partial charge in [-0.25, -0.2) is 0 Å². The third kappa shape index (κ3) is 2.19. The van der Waals surface area contributed by atoms with Crippen LogP contribution in [0.15, 0.2) is 39.7 Å². The maximum atomic E-state index is 12.1. The number of benzene rings is 1. The highest BCUT2D eigenvalue weighted by molar-refractivity contribution is 8.26. The van der Waals surface area contributed by atoms with Gasteiger partial charge < -0.3 is 4.42 Å². The molecular weight excluding hydrogens is 278 g/mol. The molecule has 1 aliphatic rings. The Morgan fingerprint density at radius 2 is 2.21 bits per heavy atom. The zero-order chi connectivity index (χ0) is 13.4. The van der Waals surface area contributed by atoms with E-state index in [1.165, 1.54) is 11.8 Å². The van der Waals surface area contributed by atoms with Crippen molar-refractivity contribution in [2.45, 2.75) is 6.92 Å². The molecule has 0 radical (unpaired) electrons. The fourth-order valence-corrected chi connectivity index (χ4v) is 3.34. The zero-order valence-corrected chi connectivity index (χ0v) is 11.9. The van der Waals surface area contributed by atoms with E-state index in [0.717, 1.165) is 11.0 Å². The van der Waals surface area contributed by atoms with E-state index in [4.69, 9.17) is 16.6 Å². The molecule has 0 atom stereocenters. The first-order chi connectivity index (χ1) is 9.19. The van der Waals surface area contributed by atoms with Gasteiger partial charge in [0.1, 0.15) is 15.7 Å². The Morgan fingerprint density at radius 1 is 1.42 bits per heavy atom. The Bertz CT molecular complexity index is 669. The van der Waals surface area contributed by atoms with E-state index >= 15 is 0 Å². The van der Waals surface area contributed by atoms with Crippen molar-refractivity contribution < 1.29 is 9.21 Å². The van der Waals surface area contributed by atoms with Gasteiger partial charge in [-0.05, 0) is 19.1 Å². The highest BCUT2D eigenvalue weighted by atomic mass is 32.2. The minimum Gasteiger partial charge on any atom is -0.457 e. The van der Waals surface area contributed by atoms with Gasteiger partial charge in [0.15, 0.2) is 0 Å². The van der Waals surface area contributed by atoms with Crippen molar-refractivity contribution in [3.63, 3.8) is 0 Å². The van der Waals surface area contributed by atoms with Gasteiger partial charge in [0, 0.05) is 18.0 Å². The Balaban J connectivity index is 1.98. The van der Waals surface area contributed by atoms with E-state index in [0.29, 0.717) is 21.5 Å². The number of furan rings is 1. The second kappa shape index (κ2) is 4.83. The number of carbonyl (C=O) groups is 1. The molecule has 96 valence electrons. The lowest BCUT2D eigenvalue weighted by molar-refractivity contribution is -0.121. The third-order valence-electron chi connectivity index (χ3n) is 2.91. The molecule has 1 amide bonds. The van der Waals surface area contributed by atoms with Crippen LogP contribution in [0.5, 0.6) is 0 Å². The van der Waals surface area contributed by atoms with E-state index in [9.17, 15) is 4.79 Å². The van der Waals surface area contributed by atoms with Crippen LogP contribution in [0.25, 0.3) is 17.0 Å². The maximum absolute atomic E-state index is 12.1. The fraction of sp³-hybridized carbons (Fsp3) is 0.143. The van der Waals surface area contributed by atoms with Gasteiger partial charge in [-0.1, -0.05) is 42.2 Å². The van der Waals surface area contributed by atoms with Gasteiger partial charge in [-0.15, -0.1) is 0 Å². The molecule has 0 saturated carbocycles. The molecule has 1 aromatic carbocycles. The lowest BCUT2D eigenvalue weighted by atomic mass is 10.2. The van der Waals surface area contributed by atoms with E-state index in [2.05, 4.69) is 0 Å². The quantitative estimate of drug-likeness (QED) is 0.624. The molecule has 0 aliphatic carbocycles. The van der Waals surface area contributed by atoms with E-state index in [1.807, 2.05) is 37.3 Å². The van der Waals surface area contributed by atoms with Gasteiger partial charge in [0.2, 0.25) is 0 Å². The average molecular weight is 289 g/mol. The van der Waals surface area contributed by atoms with E-state index in [1.54, 1.807) is 11.0 Å². The number of hydrogen-bond donors (Lipinski definition) is 0. The van der Waals surface area contributed by atoms with E-state index in [-0.39, 0.29) is 5.91 Å². The highest BCUT2D eigenvalue weighted by Crippen LogP contribution is 2.33. The van der Waals surface area contributed by atoms with Crippen molar-refractivity contribution in [1.82, 2.24) is 4.90 Å². The Hall–Kier alpha value is -1.59. The van der Waals surface area contributed by atoms with Crippen LogP contribution in [0.3, 0.4) is 0 Å². The molecule has 1 aromatic heterocycles. The molecular formula is C14H11NO2S2. The normalized spacial score (nSPS) is 17.9. The number of carbonyl (C=O) groups excluding carboxylic acids is 1. The molecule has 5 heteroatoms. The second-order valence-corrected chi connectivity index (χ2v) is 5.79. The predicted molar refractivity (Wildman–Crippen MR) is 81.8 cm³/mol. The molecule has 0 bridgehead atoms. The third-order valence-corrected chi connectivity index (χ3v) is 4.29. The smallest absolute Gasteiger partial charge is 0.266 e. The summed E-state index contributed by atoms with van der Waals surface area (Å²) < 4.78 is 6.29. The summed E-state index contributed by atoms with van der Waals surface area (Å²) in [7, 11) is 0. The van der Waals surface area contributed by atoms with Crippen molar-refractivity contribution in [2.24, 2.45) is 0 Å². The predicted octanol–water partition coefficient (Wildman–Crippen LogP) is 3.65. The van der Waals surface area contributed by atoms with Crippen molar-refractivity contribution in [1.29, 1.82) is 0 Å². The van der Waals surface area contributed by atoms with Crippen LogP contribution >= 0.6 is 24.0 Å². The fourth-order valence-electron chi connectivity index (χ4n) is 1.98. The number of hydrogen-bond acceptors (Lipinski definition) is 4. The summed E-state index contributed by atoms with van der Waals surface area (Å²) in [5, 5.41) is 1.03. The Labute approximate surface area is 120 Å². The minimum atomic E-state index is -0.0436. The standard InChI is InChI=1S/C14H11NO2S2/c1-2-15-13(16)12(19-14(15)18)8-10-7-9-5-3-4-6-11(9)17-10/h3-8H,2H2,1H3. The number of para-hydroxylation sites is 1. The SMILES string of the molecule is CCN1C(=O)C(=Cc2cc3ccccc3o2)SC1=S. The molecule has 0 N–H and O–H groups in total. The molecule has 3 nitrogen and oxygen atoms in total. The molecule has 1 saturated heterocycles. The largest absolute Gasteiger partial charge is 0.457 e. The molecule has 0 unspecified atom stereocenters. The number of thioether (sulfide) groups is 1. The van der Waals surface area contributed by atoms with Crippen LogP contribution in [0, 0.1) is 0 Å². The van der Waals surface area contributed by atoms with Crippen LogP contribution in [-0.2, 0) is 4.79 Å². The number of amides is 1. The van der Waals surface area contributed by atoms with Crippen molar-refractivity contribution in [3.05, 3.63) is 41.0 Å². The molecule has 19 heavy (non-hydrogen) atoms. The molecule has 0 spiro atoms. The summed E-state index contributed by atoms with van der Waals surface area (Å²) in [6, 6.07) is 9.69. The van der Waals surface area contributed by atoms with Crippen molar-refractivity contribution in [2.75, 3.05) is 6.54 Å². The van der Waals surface area contributed by atoms with Crippen molar-refractivity contribution in [3.8, 4) is 0 Å². The van der Waals surface area contributed by atoms with Crippen LogP contribution < -0.4 is 0 Å². The lowest BCUT2D eigenvalue weighted by Gasteiger charge is -2.09. The van der Waals surface area contributed by atoms with Gasteiger partial charge in [-0.2, -0.15) is 0 Å². The monoisotopic (exact) mass is 289 g/mol. The molecule has 2 aromatic rings. The first kappa shape index (κ1) is 12.4. The molecule has 3 rings (SSSR count). The highest BCUT2D eigenvalue weighted by Gasteiger charge is 2.30. The topological polar surface area (TPSA) is 33.5 Å². The van der Waals surface area contributed by atoms with Crippen LogP contribution in [0.4, 0.5) is 0 Å². The summed E-state index contributed by atoms with van der Waals surface area (Å²) in [5.74, 6) is 0.635. The summed E-state index contributed by atoms with van der Waals surface area (Å²) >= 11 is 6.49.